The second kappa shape index (κ2) is 4.39. The van der Waals surface area contributed by atoms with Gasteiger partial charge in [-0.25, -0.2) is 4.79 Å². The number of aromatic carboxylic acids is 1. The van der Waals surface area contributed by atoms with Gasteiger partial charge in [-0.15, -0.1) is 0 Å². The first-order valence-electron chi connectivity index (χ1n) is 3.60. The monoisotopic (exact) mass is 274 g/mol. The summed E-state index contributed by atoms with van der Waals surface area (Å²) in [5.74, 6) is -1.05. The lowest BCUT2D eigenvalue weighted by atomic mass is 10.2. The molecule has 0 amide bonds. The largest absolute Gasteiger partial charge is 0.478 e. The fourth-order valence-electron chi connectivity index (χ4n) is 0.978. The summed E-state index contributed by atoms with van der Waals surface area (Å²) in [6.45, 7) is 0. The van der Waals surface area contributed by atoms with Gasteiger partial charge in [-0.05, 0) is 40.3 Å². The van der Waals surface area contributed by atoms with Gasteiger partial charge in [-0.3, -0.25) is 0 Å². The van der Waals surface area contributed by atoms with E-state index < -0.39 is 5.97 Å². The molecule has 0 heterocycles. The first-order valence-corrected chi connectivity index (χ1v) is 4.80. The summed E-state index contributed by atoms with van der Waals surface area (Å²) < 4.78 is 0.478. The molecular formula is C8H7BrN2O2S. The molecule has 6 heteroatoms. The van der Waals surface area contributed by atoms with Gasteiger partial charge in [0.25, 0.3) is 0 Å². The molecule has 0 atom stereocenters. The van der Waals surface area contributed by atoms with E-state index in [9.17, 15) is 4.79 Å². The Labute approximate surface area is 94.2 Å². The number of hydrogen-bond donors (Lipinski definition) is 3. The Balaban J connectivity index is 3.21. The van der Waals surface area contributed by atoms with Gasteiger partial charge in [0.05, 0.1) is 11.3 Å². The van der Waals surface area contributed by atoms with Crippen molar-refractivity contribution in [2.75, 3.05) is 5.32 Å². The molecule has 0 radical (unpaired) electrons. The molecule has 1 aromatic carbocycles. The molecule has 0 aromatic heterocycles. The summed E-state index contributed by atoms with van der Waals surface area (Å²) in [7, 11) is 0. The summed E-state index contributed by atoms with van der Waals surface area (Å²) in [4.78, 5) is 10.9. The molecule has 1 aromatic rings. The van der Waals surface area contributed by atoms with Crippen LogP contribution in [-0.2, 0) is 0 Å². The third-order valence-electron chi connectivity index (χ3n) is 1.49. The normalized spacial score (nSPS) is 9.50. The molecule has 4 nitrogen and oxygen atoms in total. The lowest BCUT2D eigenvalue weighted by Gasteiger charge is -2.08. The standard InChI is InChI=1S/C8H7BrN2O2S/c9-4-2-1-3-5(11-8(10)14)6(4)7(12)13/h1-3H,(H,12,13)(H3,10,11,14). The second-order valence-electron chi connectivity index (χ2n) is 2.46. The molecule has 0 unspecified atom stereocenters. The molecule has 1 rings (SSSR count). The van der Waals surface area contributed by atoms with Crippen LogP contribution in [-0.4, -0.2) is 16.2 Å². The van der Waals surface area contributed by atoms with Crippen molar-refractivity contribution in [1.29, 1.82) is 0 Å². The van der Waals surface area contributed by atoms with Crippen molar-refractivity contribution in [3.05, 3.63) is 28.2 Å². The molecule has 0 saturated carbocycles. The fourth-order valence-corrected chi connectivity index (χ4v) is 1.62. The Kier molecular flexibility index (Phi) is 3.43. The van der Waals surface area contributed by atoms with Crippen LogP contribution < -0.4 is 11.1 Å². The average Bonchev–Trinajstić information content (AvgIpc) is 2.01. The summed E-state index contributed by atoms with van der Waals surface area (Å²) >= 11 is 7.76. The zero-order valence-corrected chi connectivity index (χ0v) is 9.35. The lowest BCUT2D eigenvalue weighted by molar-refractivity contribution is 0.0697. The van der Waals surface area contributed by atoms with Crippen LogP contribution in [0.15, 0.2) is 22.7 Å². The Bertz CT molecular complexity index is 395. The smallest absolute Gasteiger partial charge is 0.338 e. The number of carboxylic acid groups (broad SMARTS) is 1. The van der Waals surface area contributed by atoms with Crippen molar-refractivity contribution in [2.45, 2.75) is 0 Å². The zero-order chi connectivity index (χ0) is 10.7. The van der Waals surface area contributed by atoms with Crippen LogP contribution in [0.2, 0.25) is 0 Å². The average molecular weight is 275 g/mol. The van der Waals surface area contributed by atoms with Gasteiger partial charge in [-0.2, -0.15) is 0 Å². The zero-order valence-electron chi connectivity index (χ0n) is 6.95. The maximum atomic E-state index is 10.9. The van der Waals surface area contributed by atoms with Crippen molar-refractivity contribution >= 4 is 44.9 Å². The summed E-state index contributed by atoms with van der Waals surface area (Å²) in [5.41, 5.74) is 5.74. The molecule has 14 heavy (non-hydrogen) atoms. The lowest BCUT2D eigenvalue weighted by Crippen LogP contribution is -2.20. The number of benzene rings is 1. The number of thiocarbonyl (C=S) groups is 1. The van der Waals surface area contributed by atoms with Crippen LogP contribution in [0.5, 0.6) is 0 Å². The number of halogens is 1. The predicted octanol–water partition coefficient (Wildman–Crippen LogP) is 1.80. The molecule has 0 spiro atoms. The molecule has 0 aliphatic rings. The Hall–Kier alpha value is -1.14. The first kappa shape index (κ1) is 10.9. The highest BCUT2D eigenvalue weighted by Crippen LogP contribution is 2.24. The van der Waals surface area contributed by atoms with E-state index in [0.717, 1.165) is 0 Å². The highest BCUT2D eigenvalue weighted by Gasteiger charge is 2.13. The van der Waals surface area contributed by atoms with Gasteiger partial charge < -0.3 is 16.2 Å². The number of hydrogen-bond acceptors (Lipinski definition) is 2. The van der Waals surface area contributed by atoms with Crippen molar-refractivity contribution in [2.24, 2.45) is 5.73 Å². The summed E-state index contributed by atoms with van der Waals surface area (Å²) in [6, 6.07) is 4.92. The number of nitrogens with two attached hydrogens (primary N) is 1. The van der Waals surface area contributed by atoms with E-state index in [1.807, 2.05) is 0 Å². The Morgan fingerprint density at radius 2 is 2.21 bits per heavy atom. The van der Waals surface area contributed by atoms with Crippen LogP contribution in [0.3, 0.4) is 0 Å². The van der Waals surface area contributed by atoms with E-state index in [-0.39, 0.29) is 10.7 Å². The number of nitrogens with one attached hydrogen (secondary N) is 1. The topological polar surface area (TPSA) is 75.3 Å². The summed E-state index contributed by atoms with van der Waals surface area (Å²) in [5, 5.41) is 11.5. The van der Waals surface area contributed by atoms with E-state index in [4.69, 9.17) is 10.8 Å². The maximum Gasteiger partial charge on any atom is 0.338 e. The summed E-state index contributed by atoms with van der Waals surface area (Å²) in [6.07, 6.45) is 0. The SMILES string of the molecule is NC(=S)Nc1cccc(Br)c1C(=O)O. The van der Waals surface area contributed by atoms with Crippen molar-refractivity contribution in [3.63, 3.8) is 0 Å². The van der Waals surface area contributed by atoms with Crippen LogP contribution in [0.25, 0.3) is 0 Å². The number of carbonyl (C=O) groups is 1. The highest BCUT2D eigenvalue weighted by atomic mass is 79.9. The minimum absolute atomic E-state index is 0.0330. The molecule has 0 bridgehead atoms. The second-order valence-corrected chi connectivity index (χ2v) is 3.75. The highest BCUT2D eigenvalue weighted by molar-refractivity contribution is 9.10. The molecule has 74 valence electrons. The minimum Gasteiger partial charge on any atom is -0.478 e. The number of anilines is 1. The van der Waals surface area contributed by atoms with E-state index >= 15 is 0 Å². The van der Waals surface area contributed by atoms with Gasteiger partial charge in [-0.1, -0.05) is 6.07 Å². The minimum atomic E-state index is -1.05. The van der Waals surface area contributed by atoms with Gasteiger partial charge in [0.2, 0.25) is 0 Å². The third-order valence-corrected chi connectivity index (χ3v) is 2.25. The molecule has 0 saturated heterocycles. The van der Waals surface area contributed by atoms with Gasteiger partial charge in [0.1, 0.15) is 0 Å². The third kappa shape index (κ3) is 2.43. The van der Waals surface area contributed by atoms with Crippen molar-refractivity contribution < 1.29 is 9.90 Å². The fraction of sp³-hybridized carbons (Fsp3) is 0. The van der Waals surface area contributed by atoms with Crippen molar-refractivity contribution in [3.8, 4) is 0 Å². The van der Waals surface area contributed by atoms with Gasteiger partial charge in [0.15, 0.2) is 5.11 Å². The van der Waals surface area contributed by atoms with Crippen LogP contribution in [0.1, 0.15) is 10.4 Å². The first-order chi connectivity index (χ1) is 6.52. The molecule has 0 aliphatic heterocycles. The molecular weight excluding hydrogens is 268 g/mol. The van der Waals surface area contributed by atoms with E-state index in [2.05, 4.69) is 33.5 Å². The van der Waals surface area contributed by atoms with Crippen LogP contribution in [0, 0.1) is 0 Å². The van der Waals surface area contributed by atoms with Crippen molar-refractivity contribution in [1.82, 2.24) is 0 Å². The number of rotatable bonds is 2. The van der Waals surface area contributed by atoms with Gasteiger partial charge in [0, 0.05) is 4.47 Å². The Morgan fingerprint density at radius 1 is 1.57 bits per heavy atom. The molecule has 4 N–H and O–H groups in total. The van der Waals surface area contributed by atoms with Gasteiger partial charge >= 0.3 is 5.97 Å². The van der Waals surface area contributed by atoms with E-state index in [0.29, 0.717) is 10.2 Å². The predicted molar refractivity (Wildman–Crippen MR) is 61.5 cm³/mol. The van der Waals surface area contributed by atoms with Crippen LogP contribution >= 0.6 is 28.1 Å². The van der Waals surface area contributed by atoms with E-state index in [1.165, 1.54) is 0 Å². The molecule has 0 fully saturated rings. The quantitative estimate of drug-likeness (QED) is 0.718. The van der Waals surface area contributed by atoms with Crippen LogP contribution in [0.4, 0.5) is 5.69 Å². The molecule has 0 aliphatic carbocycles. The maximum absolute atomic E-state index is 10.9. The van der Waals surface area contributed by atoms with E-state index in [1.54, 1.807) is 18.2 Å². The Morgan fingerprint density at radius 3 is 2.71 bits per heavy atom. The number of carboxylic acids is 1.